The van der Waals surface area contributed by atoms with Crippen LogP contribution in [0.15, 0.2) is 22.9 Å². The van der Waals surface area contributed by atoms with Crippen LogP contribution < -0.4 is 5.73 Å². The van der Waals surface area contributed by atoms with E-state index in [1.165, 1.54) is 0 Å². The zero-order valence-electron chi connectivity index (χ0n) is 11.2. The van der Waals surface area contributed by atoms with Gasteiger partial charge in [0.15, 0.2) is 0 Å². The first-order valence-electron chi connectivity index (χ1n) is 6.39. The van der Waals surface area contributed by atoms with Gasteiger partial charge in [-0.3, -0.25) is 4.98 Å². The number of hydrogen-bond donors (Lipinski definition) is 1. The number of aromatic nitrogens is 3. The van der Waals surface area contributed by atoms with Crippen LogP contribution in [0.3, 0.4) is 0 Å². The van der Waals surface area contributed by atoms with E-state index < -0.39 is 0 Å². The Kier molecular flexibility index (Phi) is 4.59. The molecule has 0 bridgehead atoms. The minimum absolute atomic E-state index is 0.127. The van der Waals surface area contributed by atoms with E-state index in [0.717, 1.165) is 17.7 Å². The topological polar surface area (TPSA) is 87.1 Å². The molecule has 0 fully saturated rings. The standard InChI is InChI=1S/C13H18N4O2/c1-3-11(18-4-2)12-16-13(19-17-12)9-5-6-15-10(7-9)8-14/h5-7,11H,3-4,8,14H2,1-2H3. The molecule has 2 N–H and O–H groups in total. The van der Waals surface area contributed by atoms with Crippen molar-refractivity contribution < 1.29 is 9.26 Å². The molecule has 6 nitrogen and oxygen atoms in total. The molecule has 0 saturated carbocycles. The van der Waals surface area contributed by atoms with Crippen LogP contribution in [0.2, 0.25) is 0 Å². The Balaban J connectivity index is 2.24. The first-order chi connectivity index (χ1) is 9.28. The van der Waals surface area contributed by atoms with Crippen LogP contribution >= 0.6 is 0 Å². The summed E-state index contributed by atoms with van der Waals surface area (Å²) < 4.78 is 10.8. The summed E-state index contributed by atoms with van der Waals surface area (Å²) in [5, 5.41) is 3.98. The van der Waals surface area contributed by atoms with E-state index in [1.54, 1.807) is 6.20 Å². The molecule has 2 aromatic rings. The summed E-state index contributed by atoms with van der Waals surface area (Å²) in [5.41, 5.74) is 7.17. The molecule has 0 amide bonds. The third-order valence-corrected chi connectivity index (χ3v) is 2.74. The van der Waals surface area contributed by atoms with Crippen LogP contribution in [-0.4, -0.2) is 21.7 Å². The van der Waals surface area contributed by atoms with Gasteiger partial charge in [-0.15, -0.1) is 0 Å². The molecule has 19 heavy (non-hydrogen) atoms. The van der Waals surface area contributed by atoms with E-state index in [4.69, 9.17) is 15.0 Å². The highest BCUT2D eigenvalue weighted by molar-refractivity contribution is 5.52. The van der Waals surface area contributed by atoms with Crippen molar-refractivity contribution in [1.82, 2.24) is 15.1 Å². The van der Waals surface area contributed by atoms with Crippen molar-refractivity contribution in [3.8, 4) is 11.5 Å². The molecule has 0 aliphatic rings. The third-order valence-electron chi connectivity index (χ3n) is 2.74. The van der Waals surface area contributed by atoms with Crippen molar-refractivity contribution in [2.24, 2.45) is 5.73 Å². The van der Waals surface area contributed by atoms with Crippen molar-refractivity contribution in [2.75, 3.05) is 6.61 Å². The molecular formula is C13H18N4O2. The zero-order valence-corrected chi connectivity index (χ0v) is 11.2. The second-order valence-electron chi connectivity index (χ2n) is 4.05. The van der Waals surface area contributed by atoms with Gasteiger partial charge in [-0.25, -0.2) is 0 Å². The van der Waals surface area contributed by atoms with Gasteiger partial charge in [-0.2, -0.15) is 4.98 Å². The zero-order chi connectivity index (χ0) is 13.7. The molecule has 0 aliphatic carbocycles. The van der Waals surface area contributed by atoms with Crippen LogP contribution in [0.5, 0.6) is 0 Å². The molecule has 0 aliphatic heterocycles. The predicted octanol–water partition coefficient (Wildman–Crippen LogP) is 2.08. The van der Waals surface area contributed by atoms with Crippen LogP contribution in [0, 0.1) is 0 Å². The van der Waals surface area contributed by atoms with Crippen molar-refractivity contribution >= 4 is 0 Å². The summed E-state index contributed by atoms with van der Waals surface area (Å²) >= 11 is 0. The third kappa shape index (κ3) is 3.15. The molecule has 2 aromatic heterocycles. The Morgan fingerprint density at radius 1 is 1.42 bits per heavy atom. The Morgan fingerprint density at radius 3 is 2.95 bits per heavy atom. The van der Waals surface area contributed by atoms with Gasteiger partial charge in [0.1, 0.15) is 6.10 Å². The smallest absolute Gasteiger partial charge is 0.258 e. The van der Waals surface area contributed by atoms with E-state index in [2.05, 4.69) is 15.1 Å². The number of nitrogens with two attached hydrogens (primary N) is 1. The Labute approximate surface area is 112 Å². The molecule has 0 saturated heterocycles. The molecule has 6 heteroatoms. The monoisotopic (exact) mass is 262 g/mol. The van der Waals surface area contributed by atoms with E-state index in [9.17, 15) is 0 Å². The quantitative estimate of drug-likeness (QED) is 0.857. The van der Waals surface area contributed by atoms with Gasteiger partial charge in [0.05, 0.1) is 5.69 Å². The molecule has 1 unspecified atom stereocenters. The largest absolute Gasteiger partial charge is 0.370 e. The molecule has 2 heterocycles. The van der Waals surface area contributed by atoms with Gasteiger partial charge >= 0.3 is 0 Å². The SMILES string of the molecule is CCOC(CC)c1noc(-c2ccnc(CN)c2)n1. The average Bonchev–Trinajstić information content (AvgIpc) is 2.94. The number of pyridine rings is 1. The molecular weight excluding hydrogens is 244 g/mol. The Hall–Kier alpha value is -1.79. The van der Waals surface area contributed by atoms with Gasteiger partial charge in [0, 0.05) is 24.9 Å². The second-order valence-corrected chi connectivity index (χ2v) is 4.05. The van der Waals surface area contributed by atoms with Gasteiger partial charge in [-0.05, 0) is 25.5 Å². The highest BCUT2D eigenvalue weighted by Crippen LogP contribution is 2.22. The maximum absolute atomic E-state index is 5.56. The number of rotatable bonds is 6. The first-order valence-corrected chi connectivity index (χ1v) is 6.39. The van der Waals surface area contributed by atoms with Gasteiger partial charge in [0.2, 0.25) is 5.82 Å². The Bertz CT molecular complexity index is 527. The predicted molar refractivity (Wildman–Crippen MR) is 70.1 cm³/mol. The highest BCUT2D eigenvalue weighted by atomic mass is 16.5. The van der Waals surface area contributed by atoms with Crippen molar-refractivity contribution in [2.45, 2.75) is 32.9 Å². The van der Waals surface area contributed by atoms with Gasteiger partial charge in [-0.1, -0.05) is 12.1 Å². The lowest BCUT2D eigenvalue weighted by Crippen LogP contribution is -2.04. The summed E-state index contributed by atoms with van der Waals surface area (Å²) in [5.74, 6) is 1.04. The normalized spacial score (nSPS) is 12.6. The lowest BCUT2D eigenvalue weighted by atomic mass is 10.2. The fraction of sp³-hybridized carbons (Fsp3) is 0.462. The molecule has 2 rings (SSSR count). The van der Waals surface area contributed by atoms with Crippen molar-refractivity contribution in [3.05, 3.63) is 29.8 Å². The van der Waals surface area contributed by atoms with E-state index >= 15 is 0 Å². The fourth-order valence-corrected chi connectivity index (χ4v) is 1.78. The Morgan fingerprint density at radius 2 is 2.26 bits per heavy atom. The number of hydrogen-bond acceptors (Lipinski definition) is 6. The molecule has 1 atom stereocenters. The molecule has 0 spiro atoms. The summed E-state index contributed by atoms with van der Waals surface area (Å²) in [4.78, 5) is 8.51. The maximum atomic E-state index is 5.56. The number of ether oxygens (including phenoxy) is 1. The number of nitrogens with zero attached hydrogens (tertiary/aromatic N) is 3. The van der Waals surface area contributed by atoms with Crippen molar-refractivity contribution in [3.63, 3.8) is 0 Å². The van der Waals surface area contributed by atoms with Crippen LogP contribution in [-0.2, 0) is 11.3 Å². The maximum Gasteiger partial charge on any atom is 0.258 e. The van der Waals surface area contributed by atoms with Gasteiger partial charge < -0.3 is 15.0 Å². The molecule has 0 aromatic carbocycles. The highest BCUT2D eigenvalue weighted by Gasteiger charge is 2.17. The van der Waals surface area contributed by atoms with E-state index in [0.29, 0.717) is 24.9 Å². The molecule has 0 radical (unpaired) electrons. The second kappa shape index (κ2) is 6.40. The van der Waals surface area contributed by atoms with Gasteiger partial charge in [0.25, 0.3) is 5.89 Å². The van der Waals surface area contributed by atoms with Crippen LogP contribution in [0.25, 0.3) is 11.5 Å². The average molecular weight is 262 g/mol. The van der Waals surface area contributed by atoms with E-state index in [1.807, 2.05) is 26.0 Å². The summed E-state index contributed by atoms with van der Waals surface area (Å²) in [7, 11) is 0. The minimum Gasteiger partial charge on any atom is -0.370 e. The van der Waals surface area contributed by atoms with Crippen LogP contribution in [0.1, 0.15) is 37.9 Å². The summed E-state index contributed by atoms with van der Waals surface area (Å²) in [6.07, 6.45) is 2.36. The first kappa shape index (κ1) is 13.6. The van der Waals surface area contributed by atoms with Crippen molar-refractivity contribution in [1.29, 1.82) is 0 Å². The fourth-order valence-electron chi connectivity index (χ4n) is 1.78. The summed E-state index contributed by atoms with van der Waals surface area (Å²) in [6.45, 7) is 4.97. The van der Waals surface area contributed by atoms with Crippen LogP contribution in [0.4, 0.5) is 0 Å². The lowest BCUT2D eigenvalue weighted by molar-refractivity contribution is 0.0518. The lowest BCUT2D eigenvalue weighted by Gasteiger charge is -2.09. The summed E-state index contributed by atoms with van der Waals surface area (Å²) in [6, 6.07) is 3.66. The minimum atomic E-state index is -0.127. The van der Waals surface area contributed by atoms with E-state index in [-0.39, 0.29) is 6.10 Å². The molecule has 102 valence electrons.